The summed E-state index contributed by atoms with van der Waals surface area (Å²) in [6.07, 6.45) is 0.415. The molecule has 10 atom stereocenters. The van der Waals surface area contributed by atoms with Crippen LogP contribution in [0.1, 0.15) is 58.6 Å². The fourth-order valence-electron chi connectivity index (χ4n) is 9.28. The van der Waals surface area contributed by atoms with E-state index in [-0.39, 0.29) is 43.5 Å². The first-order valence-corrected chi connectivity index (χ1v) is 12.4. The first-order chi connectivity index (χ1) is 16.4. The molecule has 1 aromatic rings. The zero-order chi connectivity index (χ0) is 24.8. The van der Waals surface area contributed by atoms with Crippen LogP contribution in [-0.4, -0.2) is 58.9 Å². The number of carbonyl (C=O) groups excluding carboxylic acids is 3. The molecular formula is C26H30O9. The summed E-state index contributed by atoms with van der Waals surface area (Å²) >= 11 is 0. The van der Waals surface area contributed by atoms with Crippen molar-refractivity contribution in [2.24, 2.45) is 28.1 Å². The summed E-state index contributed by atoms with van der Waals surface area (Å²) in [6, 6.07) is 1.71. The largest absolute Gasteiger partial charge is 0.472 e. The number of carbonyl (C=O) groups is 3. The maximum Gasteiger partial charge on any atom is 0.339 e. The van der Waals surface area contributed by atoms with Gasteiger partial charge in [0.2, 0.25) is 0 Å². The van der Waals surface area contributed by atoms with Gasteiger partial charge in [-0.3, -0.25) is 9.59 Å². The van der Waals surface area contributed by atoms with Crippen molar-refractivity contribution in [2.45, 2.75) is 82.6 Å². The van der Waals surface area contributed by atoms with Gasteiger partial charge in [-0.1, -0.05) is 6.92 Å². The summed E-state index contributed by atoms with van der Waals surface area (Å²) in [5.74, 6) is -1.47. The molecule has 35 heavy (non-hydrogen) atoms. The van der Waals surface area contributed by atoms with Crippen LogP contribution in [0.5, 0.6) is 0 Å². The fourth-order valence-corrected chi connectivity index (χ4v) is 9.28. The zero-order valence-corrected chi connectivity index (χ0v) is 20.2. The number of esters is 2. The van der Waals surface area contributed by atoms with Crippen molar-refractivity contribution in [1.29, 1.82) is 0 Å². The topological polar surface area (TPSA) is 125 Å². The Labute approximate surface area is 202 Å². The van der Waals surface area contributed by atoms with Crippen molar-refractivity contribution in [3.63, 3.8) is 0 Å². The number of hydrogen-bond donors (Lipinski definition) is 1. The Hall–Kier alpha value is -2.23. The van der Waals surface area contributed by atoms with E-state index in [2.05, 4.69) is 0 Å². The minimum atomic E-state index is -1.25. The monoisotopic (exact) mass is 486 g/mol. The van der Waals surface area contributed by atoms with Crippen LogP contribution in [0.15, 0.2) is 23.0 Å². The van der Waals surface area contributed by atoms with Gasteiger partial charge in [-0.15, -0.1) is 0 Å². The summed E-state index contributed by atoms with van der Waals surface area (Å²) in [4.78, 5) is 39.7. The molecule has 4 saturated heterocycles. The SMILES string of the molecule is CC1(C)O[C@H]2CC(=O)OC[C@]23[C@H]2C[C@H](O)[C@@]4(C)[C@H](c5ccoc5)OC(=O)[C@H]5O[C@]54[C@]2(C)C(=O)C[C@@H]13. The second-order valence-corrected chi connectivity index (χ2v) is 12.3. The molecule has 4 aliphatic heterocycles. The molecule has 2 saturated carbocycles. The van der Waals surface area contributed by atoms with Crippen LogP contribution in [0, 0.1) is 28.1 Å². The Morgan fingerprint density at radius 3 is 2.49 bits per heavy atom. The third-order valence-corrected chi connectivity index (χ3v) is 10.9. The molecule has 6 aliphatic rings. The summed E-state index contributed by atoms with van der Waals surface area (Å²) < 4.78 is 29.5. The minimum Gasteiger partial charge on any atom is -0.472 e. The van der Waals surface area contributed by atoms with E-state index in [1.165, 1.54) is 12.5 Å². The molecule has 2 aliphatic carbocycles. The van der Waals surface area contributed by atoms with Gasteiger partial charge in [0.05, 0.1) is 47.6 Å². The van der Waals surface area contributed by atoms with Gasteiger partial charge in [-0.05, 0) is 39.2 Å². The Morgan fingerprint density at radius 1 is 1.00 bits per heavy atom. The zero-order valence-electron chi connectivity index (χ0n) is 20.2. The lowest BCUT2D eigenvalue weighted by molar-refractivity contribution is -0.252. The van der Waals surface area contributed by atoms with E-state index in [1.807, 2.05) is 27.7 Å². The second-order valence-electron chi connectivity index (χ2n) is 12.3. The Kier molecular flexibility index (Phi) is 3.88. The molecule has 6 fully saturated rings. The molecule has 5 heterocycles. The third kappa shape index (κ3) is 2.14. The molecule has 0 unspecified atom stereocenters. The van der Waals surface area contributed by atoms with Gasteiger partial charge < -0.3 is 28.5 Å². The number of hydrogen-bond acceptors (Lipinski definition) is 9. The first-order valence-electron chi connectivity index (χ1n) is 12.4. The number of aliphatic hydroxyl groups is 1. The van der Waals surface area contributed by atoms with Gasteiger partial charge in [0, 0.05) is 23.3 Å². The Bertz CT molecular complexity index is 1160. The van der Waals surface area contributed by atoms with Gasteiger partial charge >= 0.3 is 11.9 Å². The summed E-state index contributed by atoms with van der Waals surface area (Å²) in [5, 5.41) is 11.9. The molecular weight excluding hydrogens is 456 g/mol. The molecule has 0 amide bonds. The number of epoxide rings is 1. The van der Waals surface area contributed by atoms with E-state index in [1.54, 1.807) is 6.07 Å². The standard InChI is InChI=1S/C26H30O9/c1-22(2)13-7-15(27)23(3)14(25(13)11-32-18(29)9-17(25)34-22)8-16(28)24(4)19(12-5-6-31-10-12)33-21(30)20-26(23,24)35-20/h5-6,10,13-14,16-17,19-20,28H,7-9,11H2,1-4H3/t13-,14-,16-,17-,19-,20+,23-,24-,25-,26-/m0/s1. The molecule has 9 heteroatoms. The summed E-state index contributed by atoms with van der Waals surface area (Å²) in [5.41, 5.74) is -4.15. The van der Waals surface area contributed by atoms with E-state index < -0.39 is 63.8 Å². The minimum absolute atomic E-state index is 0.00591. The van der Waals surface area contributed by atoms with Crippen LogP contribution in [0.3, 0.4) is 0 Å². The van der Waals surface area contributed by atoms with Gasteiger partial charge in [0.1, 0.15) is 24.1 Å². The third-order valence-electron chi connectivity index (χ3n) is 10.9. The first kappa shape index (κ1) is 22.0. The van der Waals surface area contributed by atoms with Gasteiger partial charge in [0.15, 0.2) is 6.10 Å². The van der Waals surface area contributed by atoms with Crippen LogP contribution in [0.4, 0.5) is 0 Å². The van der Waals surface area contributed by atoms with Crippen molar-refractivity contribution in [1.82, 2.24) is 0 Å². The van der Waals surface area contributed by atoms with Crippen molar-refractivity contribution in [2.75, 3.05) is 6.61 Å². The lowest BCUT2D eigenvalue weighted by Gasteiger charge is -2.66. The van der Waals surface area contributed by atoms with Crippen molar-refractivity contribution >= 4 is 17.7 Å². The van der Waals surface area contributed by atoms with E-state index >= 15 is 0 Å². The number of aliphatic hydroxyl groups excluding tert-OH is 1. The highest BCUT2D eigenvalue weighted by atomic mass is 16.7. The van der Waals surface area contributed by atoms with Crippen molar-refractivity contribution in [3.05, 3.63) is 24.2 Å². The quantitative estimate of drug-likeness (QED) is 0.469. The summed E-state index contributed by atoms with van der Waals surface area (Å²) in [6.45, 7) is 7.79. The molecule has 0 radical (unpaired) electrons. The van der Waals surface area contributed by atoms with Crippen LogP contribution in [0.25, 0.3) is 0 Å². The molecule has 7 rings (SSSR count). The molecule has 1 N–H and O–H groups in total. The van der Waals surface area contributed by atoms with Gasteiger partial charge in [-0.2, -0.15) is 0 Å². The summed E-state index contributed by atoms with van der Waals surface area (Å²) in [7, 11) is 0. The molecule has 0 aromatic carbocycles. The lowest BCUT2D eigenvalue weighted by atomic mass is 9.36. The molecule has 9 nitrogen and oxygen atoms in total. The highest BCUT2D eigenvalue weighted by molar-refractivity contribution is 5.93. The number of rotatable bonds is 1. The number of ketones is 1. The number of ether oxygens (including phenoxy) is 4. The normalized spacial score (nSPS) is 53.3. The molecule has 2 spiro atoms. The Morgan fingerprint density at radius 2 is 1.77 bits per heavy atom. The second kappa shape index (κ2) is 6.18. The molecule has 0 bridgehead atoms. The van der Waals surface area contributed by atoms with Gasteiger partial charge in [-0.25, -0.2) is 4.79 Å². The van der Waals surface area contributed by atoms with E-state index in [9.17, 15) is 19.5 Å². The van der Waals surface area contributed by atoms with Crippen molar-refractivity contribution in [3.8, 4) is 0 Å². The van der Waals surface area contributed by atoms with E-state index in [0.29, 0.717) is 5.56 Å². The van der Waals surface area contributed by atoms with Crippen LogP contribution >= 0.6 is 0 Å². The maximum absolute atomic E-state index is 14.3. The number of Topliss-reactive ketones (excluding diaryl/α,β-unsaturated/α-hetero) is 1. The predicted molar refractivity (Wildman–Crippen MR) is 116 cm³/mol. The smallest absolute Gasteiger partial charge is 0.339 e. The van der Waals surface area contributed by atoms with E-state index in [0.717, 1.165) is 0 Å². The Balaban J connectivity index is 1.44. The average Bonchev–Trinajstić information content (AvgIpc) is 3.28. The lowest BCUT2D eigenvalue weighted by Crippen LogP contribution is -2.75. The fraction of sp³-hybridized carbons (Fsp3) is 0.731. The highest BCUT2D eigenvalue weighted by Crippen LogP contribution is 2.79. The van der Waals surface area contributed by atoms with Crippen LogP contribution < -0.4 is 0 Å². The highest BCUT2D eigenvalue weighted by Gasteiger charge is 2.91. The molecule has 188 valence electrons. The number of fused-ring (bicyclic) bond motifs is 1. The molecule has 1 aromatic heterocycles. The predicted octanol–water partition coefficient (Wildman–Crippen LogP) is 2.11. The maximum atomic E-state index is 14.3. The van der Waals surface area contributed by atoms with Crippen molar-refractivity contribution < 1.29 is 42.9 Å². The van der Waals surface area contributed by atoms with E-state index in [4.69, 9.17) is 23.4 Å². The number of cyclic esters (lactones) is 2. The van der Waals surface area contributed by atoms with Crippen LogP contribution in [-0.2, 0) is 33.3 Å². The van der Waals surface area contributed by atoms with Crippen LogP contribution in [0.2, 0.25) is 0 Å². The van der Waals surface area contributed by atoms with Gasteiger partial charge in [0.25, 0.3) is 0 Å². The average molecular weight is 487 g/mol. The number of furan rings is 1.